The number of aryl methyl sites for hydroxylation is 1. The number of nitrogens with one attached hydrogen (secondary N) is 2. The lowest BCUT2D eigenvalue weighted by Crippen LogP contribution is -2.54. The van der Waals surface area contributed by atoms with Crippen LogP contribution in [0.5, 0.6) is 5.75 Å². The van der Waals surface area contributed by atoms with Crippen molar-refractivity contribution >= 4 is 29.0 Å². The van der Waals surface area contributed by atoms with E-state index < -0.39 is 5.82 Å². The van der Waals surface area contributed by atoms with Crippen molar-refractivity contribution in [3.63, 3.8) is 0 Å². The van der Waals surface area contributed by atoms with Gasteiger partial charge in [0.2, 0.25) is 5.91 Å². The van der Waals surface area contributed by atoms with Crippen molar-refractivity contribution in [1.29, 1.82) is 0 Å². The Morgan fingerprint density at radius 1 is 1.07 bits per heavy atom. The molecule has 212 valence electrons. The number of benzene rings is 2. The Hall–Kier alpha value is -4.51. The zero-order valence-corrected chi connectivity index (χ0v) is 23.1. The number of imidazole rings is 1. The zero-order valence-electron chi connectivity index (χ0n) is 23.1. The lowest BCUT2D eigenvalue weighted by Gasteiger charge is -2.36. The summed E-state index contributed by atoms with van der Waals surface area (Å²) in [5, 5.41) is 6.57. The number of ether oxygens (including phenoxy) is 1. The maximum absolute atomic E-state index is 14.3. The molecule has 4 aromatic rings. The predicted molar refractivity (Wildman–Crippen MR) is 153 cm³/mol. The smallest absolute Gasteiger partial charge is 0.254 e. The van der Waals surface area contributed by atoms with Gasteiger partial charge < -0.3 is 25.2 Å². The summed E-state index contributed by atoms with van der Waals surface area (Å²) in [5.41, 5.74) is 4.18. The summed E-state index contributed by atoms with van der Waals surface area (Å²) < 4.78 is 21.2. The second-order valence-electron chi connectivity index (χ2n) is 10.4. The van der Waals surface area contributed by atoms with Gasteiger partial charge in [0.05, 0.1) is 25.0 Å². The average Bonchev–Trinajstić information content (AvgIpc) is 3.68. The molecule has 6 rings (SSSR count). The second kappa shape index (κ2) is 11.2. The summed E-state index contributed by atoms with van der Waals surface area (Å²) >= 11 is 0. The van der Waals surface area contributed by atoms with Crippen LogP contribution in [0.15, 0.2) is 55.0 Å². The van der Waals surface area contributed by atoms with E-state index >= 15 is 0 Å². The van der Waals surface area contributed by atoms with Crippen molar-refractivity contribution in [2.24, 2.45) is 0 Å². The normalized spacial score (nSPS) is 17.2. The van der Waals surface area contributed by atoms with Gasteiger partial charge in [-0.2, -0.15) is 0 Å². The number of carbonyl (C=O) groups excluding carboxylic acids is 2. The number of halogens is 1. The van der Waals surface area contributed by atoms with Gasteiger partial charge in [-0.05, 0) is 68.3 Å². The Balaban J connectivity index is 1.15. The van der Waals surface area contributed by atoms with Crippen molar-refractivity contribution in [1.82, 2.24) is 29.5 Å². The summed E-state index contributed by atoms with van der Waals surface area (Å²) in [7, 11) is 1.43. The van der Waals surface area contributed by atoms with Crippen LogP contribution in [0.25, 0.3) is 16.9 Å². The van der Waals surface area contributed by atoms with Crippen LogP contribution in [0.4, 0.5) is 15.9 Å². The Morgan fingerprint density at radius 2 is 1.88 bits per heavy atom. The standard InChI is InChI=1S/C30H32FN7O3/c1-19-16-21(6-7-22(19)29(39)36-12-14-37(15-13-36)30(40)24-4-3-9-32-24)35-27-28-34-18-25(38(28)11-10-33-27)20-5-8-26(41-2)23(31)17-20/h5-8,10-11,16-18,24,32H,3-4,9,12-15H2,1-2H3,(H,33,35)/t24-/m0/s1. The van der Waals surface area contributed by atoms with Crippen LogP contribution in [0, 0.1) is 12.7 Å². The molecule has 2 aliphatic rings. The van der Waals surface area contributed by atoms with E-state index in [2.05, 4.69) is 20.6 Å². The highest BCUT2D eigenvalue weighted by Gasteiger charge is 2.31. The number of methoxy groups -OCH3 is 1. The molecule has 2 saturated heterocycles. The van der Waals surface area contributed by atoms with Gasteiger partial charge in [-0.15, -0.1) is 0 Å². The molecule has 0 unspecified atom stereocenters. The topological polar surface area (TPSA) is 104 Å². The first-order valence-electron chi connectivity index (χ1n) is 13.8. The highest BCUT2D eigenvalue weighted by Crippen LogP contribution is 2.29. The minimum atomic E-state index is -0.450. The van der Waals surface area contributed by atoms with Crippen LogP contribution in [-0.2, 0) is 4.79 Å². The molecule has 2 aromatic heterocycles. The number of fused-ring (bicyclic) bond motifs is 1. The molecule has 2 N–H and O–H groups in total. The molecule has 11 heteroatoms. The molecule has 0 saturated carbocycles. The molecule has 2 fully saturated rings. The molecular weight excluding hydrogens is 525 g/mol. The first-order valence-corrected chi connectivity index (χ1v) is 13.8. The van der Waals surface area contributed by atoms with Crippen molar-refractivity contribution in [2.45, 2.75) is 25.8 Å². The van der Waals surface area contributed by atoms with Crippen LogP contribution >= 0.6 is 0 Å². The lowest BCUT2D eigenvalue weighted by atomic mass is 10.1. The number of rotatable bonds is 6. The van der Waals surface area contributed by atoms with E-state index in [0.29, 0.717) is 54.5 Å². The number of aromatic nitrogens is 3. The maximum Gasteiger partial charge on any atom is 0.254 e. The van der Waals surface area contributed by atoms with Gasteiger partial charge in [-0.25, -0.2) is 14.4 Å². The van der Waals surface area contributed by atoms with Gasteiger partial charge in [0, 0.05) is 55.4 Å². The molecular formula is C30H32FN7O3. The highest BCUT2D eigenvalue weighted by molar-refractivity contribution is 5.96. The van der Waals surface area contributed by atoms with Crippen molar-refractivity contribution < 1.29 is 18.7 Å². The first-order chi connectivity index (χ1) is 19.9. The molecule has 2 aliphatic heterocycles. The van der Waals surface area contributed by atoms with Crippen LogP contribution < -0.4 is 15.4 Å². The average molecular weight is 558 g/mol. The van der Waals surface area contributed by atoms with Crippen LogP contribution in [0.2, 0.25) is 0 Å². The zero-order chi connectivity index (χ0) is 28.5. The van der Waals surface area contributed by atoms with E-state index in [1.165, 1.54) is 13.2 Å². The Labute approximate surface area is 237 Å². The molecule has 2 amide bonds. The van der Waals surface area contributed by atoms with Gasteiger partial charge >= 0.3 is 0 Å². The van der Waals surface area contributed by atoms with E-state index in [-0.39, 0.29) is 23.6 Å². The highest BCUT2D eigenvalue weighted by atomic mass is 19.1. The number of anilines is 2. The molecule has 41 heavy (non-hydrogen) atoms. The molecule has 4 heterocycles. The number of amides is 2. The van der Waals surface area contributed by atoms with E-state index in [1.54, 1.807) is 30.7 Å². The quantitative estimate of drug-likeness (QED) is 0.373. The van der Waals surface area contributed by atoms with E-state index in [0.717, 1.165) is 30.6 Å². The fourth-order valence-electron chi connectivity index (χ4n) is 5.58. The third-order valence-corrected chi connectivity index (χ3v) is 7.83. The fraction of sp³-hybridized carbons (Fsp3) is 0.333. The summed E-state index contributed by atoms with van der Waals surface area (Å²) in [4.78, 5) is 38.7. The predicted octanol–water partition coefficient (Wildman–Crippen LogP) is 3.63. The Morgan fingerprint density at radius 3 is 2.59 bits per heavy atom. The second-order valence-corrected chi connectivity index (χ2v) is 10.4. The summed E-state index contributed by atoms with van der Waals surface area (Å²) in [6, 6.07) is 10.3. The minimum absolute atomic E-state index is 0.0370. The summed E-state index contributed by atoms with van der Waals surface area (Å²) in [6.45, 7) is 4.92. The van der Waals surface area contributed by atoms with Crippen LogP contribution in [0.3, 0.4) is 0 Å². The summed E-state index contributed by atoms with van der Waals surface area (Å²) in [5.74, 6) is 0.367. The van der Waals surface area contributed by atoms with Gasteiger partial charge in [-0.1, -0.05) is 0 Å². The molecule has 0 aliphatic carbocycles. The number of piperazine rings is 1. The third kappa shape index (κ3) is 5.20. The van der Waals surface area contributed by atoms with E-state index in [1.807, 2.05) is 39.3 Å². The fourth-order valence-corrected chi connectivity index (χ4v) is 5.58. The lowest BCUT2D eigenvalue weighted by molar-refractivity contribution is -0.134. The Kier molecular flexibility index (Phi) is 7.27. The van der Waals surface area contributed by atoms with Crippen LogP contribution in [-0.4, -0.2) is 81.9 Å². The van der Waals surface area contributed by atoms with Gasteiger partial charge in [0.15, 0.2) is 23.0 Å². The van der Waals surface area contributed by atoms with Crippen LogP contribution in [0.1, 0.15) is 28.8 Å². The van der Waals surface area contributed by atoms with Gasteiger partial charge in [0.25, 0.3) is 5.91 Å². The largest absolute Gasteiger partial charge is 0.494 e. The minimum Gasteiger partial charge on any atom is -0.494 e. The SMILES string of the molecule is COc1ccc(-c2cnc3c(Nc4ccc(C(=O)N5CCN(C(=O)[C@@H]6CCCN6)CC5)c(C)c4)nccn23)cc1F. The Bertz CT molecular complexity index is 1610. The monoisotopic (exact) mass is 557 g/mol. The van der Waals surface area contributed by atoms with E-state index in [9.17, 15) is 14.0 Å². The molecule has 0 bridgehead atoms. The number of nitrogens with zero attached hydrogens (tertiary/aromatic N) is 5. The summed E-state index contributed by atoms with van der Waals surface area (Å²) in [6.07, 6.45) is 7.01. The van der Waals surface area contributed by atoms with E-state index in [4.69, 9.17) is 4.74 Å². The third-order valence-electron chi connectivity index (χ3n) is 7.83. The number of carbonyl (C=O) groups is 2. The molecule has 10 nitrogen and oxygen atoms in total. The molecule has 0 radical (unpaired) electrons. The number of hydrogen-bond acceptors (Lipinski definition) is 7. The molecule has 0 spiro atoms. The number of hydrogen-bond donors (Lipinski definition) is 2. The van der Waals surface area contributed by atoms with Gasteiger partial charge in [-0.3, -0.25) is 14.0 Å². The molecule has 2 aromatic carbocycles. The van der Waals surface area contributed by atoms with Crippen molar-refractivity contribution in [3.8, 4) is 17.0 Å². The maximum atomic E-state index is 14.3. The van der Waals surface area contributed by atoms with Crippen molar-refractivity contribution in [3.05, 3.63) is 71.9 Å². The molecule has 1 atom stereocenters. The van der Waals surface area contributed by atoms with Gasteiger partial charge in [0.1, 0.15) is 0 Å². The first kappa shape index (κ1) is 26.7. The van der Waals surface area contributed by atoms with Crippen molar-refractivity contribution in [2.75, 3.05) is 45.2 Å².